The number of benzene rings is 1. The third-order valence-corrected chi connectivity index (χ3v) is 6.75. The van der Waals surface area contributed by atoms with Crippen molar-refractivity contribution in [2.75, 3.05) is 13.1 Å². The van der Waals surface area contributed by atoms with Gasteiger partial charge in [0.1, 0.15) is 0 Å². The van der Waals surface area contributed by atoms with Crippen LogP contribution in [0.5, 0.6) is 0 Å². The Hall–Kier alpha value is -1.98. The van der Waals surface area contributed by atoms with Crippen molar-refractivity contribution >= 4 is 11.8 Å². The summed E-state index contributed by atoms with van der Waals surface area (Å²) in [6.45, 7) is 1.22. The van der Waals surface area contributed by atoms with Crippen LogP contribution in [0, 0.1) is 11.3 Å². The van der Waals surface area contributed by atoms with Gasteiger partial charge in [0.2, 0.25) is 11.8 Å². The van der Waals surface area contributed by atoms with Crippen LogP contribution in [0.15, 0.2) is 30.3 Å². The van der Waals surface area contributed by atoms with Crippen molar-refractivity contribution < 1.29 is 18.4 Å². The Morgan fingerprint density at radius 3 is 2.56 bits per heavy atom. The Morgan fingerprint density at radius 1 is 1.11 bits per heavy atom. The standard InChI is InChI=1S/C21H26F2N2O2/c22-21(23)10-8-17(21)24-19(27)16-7-4-9-20(16)11-12-25(14-20)18(26)13-15-5-2-1-3-6-15/h1-3,5-6,16-17H,4,7-14H2,(H,24,27)/t16-,17-,20+/m1/s1. The predicted octanol–water partition coefficient (Wildman–Crippen LogP) is 3.16. The van der Waals surface area contributed by atoms with Crippen LogP contribution >= 0.6 is 0 Å². The topological polar surface area (TPSA) is 49.4 Å². The highest BCUT2D eigenvalue weighted by Gasteiger charge is 2.54. The molecule has 1 saturated heterocycles. The average molecular weight is 376 g/mol. The number of likely N-dealkylation sites (tertiary alicyclic amines) is 1. The van der Waals surface area contributed by atoms with Gasteiger partial charge >= 0.3 is 0 Å². The number of hydrogen-bond acceptors (Lipinski definition) is 2. The zero-order valence-electron chi connectivity index (χ0n) is 15.4. The van der Waals surface area contributed by atoms with E-state index in [9.17, 15) is 18.4 Å². The number of carbonyl (C=O) groups excluding carboxylic acids is 2. The van der Waals surface area contributed by atoms with E-state index in [2.05, 4.69) is 5.32 Å². The van der Waals surface area contributed by atoms with Crippen molar-refractivity contribution in [1.82, 2.24) is 10.2 Å². The summed E-state index contributed by atoms with van der Waals surface area (Å²) < 4.78 is 27.1. The van der Waals surface area contributed by atoms with Gasteiger partial charge in [-0.15, -0.1) is 0 Å². The van der Waals surface area contributed by atoms with E-state index in [-0.39, 0.29) is 29.6 Å². The van der Waals surface area contributed by atoms with E-state index in [1.807, 2.05) is 35.2 Å². The molecular formula is C21H26F2N2O2. The fourth-order valence-corrected chi connectivity index (χ4v) is 4.98. The molecule has 0 bridgehead atoms. The molecule has 3 aliphatic rings. The fourth-order valence-electron chi connectivity index (χ4n) is 4.98. The molecule has 0 unspecified atom stereocenters. The van der Waals surface area contributed by atoms with E-state index < -0.39 is 12.0 Å². The first-order chi connectivity index (χ1) is 12.9. The highest BCUT2D eigenvalue weighted by molar-refractivity contribution is 5.82. The Kier molecular flexibility index (Phi) is 4.68. The summed E-state index contributed by atoms with van der Waals surface area (Å²) in [6, 6.07) is 8.62. The molecule has 3 atom stereocenters. The predicted molar refractivity (Wildman–Crippen MR) is 97.2 cm³/mol. The lowest BCUT2D eigenvalue weighted by Crippen LogP contribution is -2.57. The van der Waals surface area contributed by atoms with E-state index in [1.54, 1.807) is 0 Å². The molecule has 1 aromatic rings. The Balaban J connectivity index is 1.39. The molecule has 2 amide bonds. The highest BCUT2D eigenvalue weighted by Crippen LogP contribution is 2.50. The van der Waals surface area contributed by atoms with Gasteiger partial charge in [0, 0.05) is 30.8 Å². The Labute approximate surface area is 158 Å². The summed E-state index contributed by atoms with van der Waals surface area (Å²) in [5, 5.41) is 2.59. The van der Waals surface area contributed by atoms with Crippen molar-refractivity contribution in [2.24, 2.45) is 11.3 Å². The number of alkyl halides is 2. The van der Waals surface area contributed by atoms with Crippen LogP contribution in [-0.4, -0.2) is 41.8 Å². The van der Waals surface area contributed by atoms with E-state index in [1.165, 1.54) is 0 Å². The normalized spacial score (nSPS) is 31.7. The van der Waals surface area contributed by atoms with Crippen LogP contribution in [0.25, 0.3) is 0 Å². The second-order valence-corrected chi connectivity index (χ2v) is 8.40. The molecule has 27 heavy (non-hydrogen) atoms. The van der Waals surface area contributed by atoms with Crippen molar-refractivity contribution in [3.63, 3.8) is 0 Å². The van der Waals surface area contributed by atoms with Gasteiger partial charge in [-0.2, -0.15) is 0 Å². The molecule has 1 N–H and O–H groups in total. The lowest BCUT2D eigenvalue weighted by Gasteiger charge is -2.39. The summed E-state index contributed by atoms with van der Waals surface area (Å²) in [6.07, 6.45) is 3.89. The maximum absolute atomic E-state index is 13.5. The van der Waals surface area contributed by atoms with E-state index in [4.69, 9.17) is 0 Å². The Morgan fingerprint density at radius 2 is 1.89 bits per heavy atom. The van der Waals surface area contributed by atoms with Crippen LogP contribution in [-0.2, 0) is 16.0 Å². The summed E-state index contributed by atoms with van der Waals surface area (Å²) in [7, 11) is 0. The molecule has 2 saturated carbocycles. The molecule has 0 aromatic heterocycles. The van der Waals surface area contributed by atoms with Crippen LogP contribution in [0.3, 0.4) is 0 Å². The van der Waals surface area contributed by atoms with Crippen LogP contribution in [0.4, 0.5) is 8.78 Å². The minimum Gasteiger partial charge on any atom is -0.347 e. The first-order valence-electron chi connectivity index (χ1n) is 9.90. The maximum atomic E-state index is 13.5. The minimum atomic E-state index is -2.77. The van der Waals surface area contributed by atoms with Gasteiger partial charge in [0.15, 0.2) is 0 Å². The molecule has 4 nitrogen and oxygen atoms in total. The van der Waals surface area contributed by atoms with Gasteiger partial charge in [-0.3, -0.25) is 9.59 Å². The molecule has 6 heteroatoms. The molecule has 2 aliphatic carbocycles. The van der Waals surface area contributed by atoms with E-state index in [0.29, 0.717) is 25.9 Å². The molecule has 1 aliphatic heterocycles. The molecule has 1 heterocycles. The number of halogens is 2. The fraction of sp³-hybridized carbons (Fsp3) is 0.619. The van der Waals surface area contributed by atoms with Crippen molar-refractivity contribution in [2.45, 2.75) is 56.9 Å². The van der Waals surface area contributed by atoms with Gasteiger partial charge in [-0.25, -0.2) is 8.78 Å². The van der Waals surface area contributed by atoms with Gasteiger partial charge < -0.3 is 10.2 Å². The summed E-state index contributed by atoms with van der Waals surface area (Å²) in [5.74, 6) is -3.19. The monoisotopic (exact) mass is 376 g/mol. The second kappa shape index (κ2) is 6.88. The molecule has 1 spiro atoms. The molecular weight excluding hydrogens is 350 g/mol. The first-order valence-corrected chi connectivity index (χ1v) is 9.90. The maximum Gasteiger partial charge on any atom is 0.267 e. The van der Waals surface area contributed by atoms with Gasteiger partial charge in [-0.1, -0.05) is 36.8 Å². The zero-order valence-corrected chi connectivity index (χ0v) is 15.4. The summed E-state index contributed by atoms with van der Waals surface area (Å²) >= 11 is 0. The largest absolute Gasteiger partial charge is 0.347 e. The van der Waals surface area contributed by atoms with E-state index in [0.717, 1.165) is 31.2 Å². The first kappa shape index (κ1) is 18.4. The van der Waals surface area contributed by atoms with Crippen molar-refractivity contribution in [3.8, 4) is 0 Å². The number of carbonyl (C=O) groups is 2. The number of nitrogens with zero attached hydrogens (tertiary/aromatic N) is 1. The van der Waals surface area contributed by atoms with Crippen LogP contribution in [0.2, 0.25) is 0 Å². The lowest BCUT2D eigenvalue weighted by atomic mass is 9.76. The van der Waals surface area contributed by atoms with Gasteiger partial charge in [0.05, 0.1) is 12.5 Å². The van der Waals surface area contributed by atoms with Gasteiger partial charge in [-0.05, 0) is 31.2 Å². The van der Waals surface area contributed by atoms with Crippen LogP contribution < -0.4 is 5.32 Å². The quantitative estimate of drug-likeness (QED) is 0.878. The smallest absolute Gasteiger partial charge is 0.267 e. The highest BCUT2D eigenvalue weighted by atomic mass is 19.3. The number of nitrogens with one attached hydrogen (secondary N) is 1. The van der Waals surface area contributed by atoms with Gasteiger partial charge in [0.25, 0.3) is 5.92 Å². The number of amides is 2. The summed E-state index contributed by atoms with van der Waals surface area (Å²) in [4.78, 5) is 27.3. The zero-order chi connectivity index (χ0) is 19.1. The van der Waals surface area contributed by atoms with Crippen molar-refractivity contribution in [3.05, 3.63) is 35.9 Å². The third-order valence-electron chi connectivity index (χ3n) is 6.75. The lowest BCUT2D eigenvalue weighted by molar-refractivity contribution is -0.142. The molecule has 1 aromatic carbocycles. The summed E-state index contributed by atoms with van der Waals surface area (Å²) in [5.41, 5.74) is 0.742. The minimum absolute atomic E-state index is 0.0784. The number of rotatable bonds is 4. The average Bonchev–Trinajstić information content (AvgIpc) is 3.27. The molecule has 3 fully saturated rings. The number of hydrogen-bond donors (Lipinski definition) is 1. The second-order valence-electron chi connectivity index (χ2n) is 8.40. The Bertz CT molecular complexity index is 724. The molecule has 4 rings (SSSR count). The molecule has 146 valence electrons. The SMILES string of the molecule is O=C(N[C@@H]1CCC1(F)F)[C@H]1CCC[C@@]12CCN(C(=O)Cc1ccccc1)C2. The van der Waals surface area contributed by atoms with Crippen molar-refractivity contribution in [1.29, 1.82) is 0 Å². The van der Waals surface area contributed by atoms with E-state index >= 15 is 0 Å². The molecule has 0 radical (unpaired) electrons. The third kappa shape index (κ3) is 3.46. The van der Waals surface area contributed by atoms with Crippen LogP contribution in [0.1, 0.15) is 44.1 Å².